The summed E-state index contributed by atoms with van der Waals surface area (Å²) in [4.78, 5) is 21.7. The molecule has 0 atom stereocenters. The van der Waals surface area contributed by atoms with E-state index in [4.69, 9.17) is 9.84 Å². The first-order chi connectivity index (χ1) is 14.5. The standard InChI is InChI=1S/C22H24BrN5O2/c1-15-21(16(2)28(25-15)20-6-4-5-9-24-20)26-10-12-27(13-11-26)22(29)18-14-17(30-3)7-8-19(18)23/h4-9,14H,10-13H2,1-3H3. The molecule has 0 saturated carbocycles. The molecule has 3 heterocycles. The molecule has 1 amide bonds. The first kappa shape index (κ1) is 20.4. The predicted molar refractivity (Wildman–Crippen MR) is 120 cm³/mol. The number of anilines is 1. The molecule has 8 heteroatoms. The summed E-state index contributed by atoms with van der Waals surface area (Å²) in [6.07, 6.45) is 1.77. The van der Waals surface area contributed by atoms with Crippen LogP contribution in [0.1, 0.15) is 21.7 Å². The summed E-state index contributed by atoms with van der Waals surface area (Å²) >= 11 is 3.49. The van der Waals surface area contributed by atoms with E-state index < -0.39 is 0 Å². The lowest BCUT2D eigenvalue weighted by Gasteiger charge is -2.36. The van der Waals surface area contributed by atoms with Crippen molar-refractivity contribution in [3.63, 3.8) is 0 Å². The minimum absolute atomic E-state index is 0.0121. The molecule has 0 radical (unpaired) electrons. The molecular formula is C22H24BrN5O2. The molecule has 1 saturated heterocycles. The van der Waals surface area contributed by atoms with Crippen molar-refractivity contribution < 1.29 is 9.53 Å². The Morgan fingerprint density at radius 2 is 1.87 bits per heavy atom. The lowest BCUT2D eigenvalue weighted by Crippen LogP contribution is -2.49. The number of halogens is 1. The molecule has 7 nitrogen and oxygen atoms in total. The van der Waals surface area contributed by atoms with Crippen molar-refractivity contribution in [2.75, 3.05) is 38.2 Å². The Bertz CT molecular complexity index is 1060. The van der Waals surface area contributed by atoms with Crippen LogP contribution in [0.5, 0.6) is 5.75 Å². The van der Waals surface area contributed by atoms with Crippen LogP contribution in [0, 0.1) is 13.8 Å². The molecule has 1 aromatic carbocycles. The molecule has 0 spiro atoms. The molecule has 0 N–H and O–H groups in total. The Balaban J connectivity index is 1.50. The molecule has 3 aromatic rings. The molecule has 2 aromatic heterocycles. The second-order valence-corrected chi connectivity index (χ2v) is 8.10. The van der Waals surface area contributed by atoms with Crippen LogP contribution in [-0.4, -0.2) is 58.9 Å². The number of amides is 1. The van der Waals surface area contributed by atoms with E-state index in [2.05, 4.69) is 32.7 Å². The topological polar surface area (TPSA) is 63.5 Å². The average molecular weight is 470 g/mol. The van der Waals surface area contributed by atoms with E-state index >= 15 is 0 Å². The fourth-order valence-electron chi connectivity index (χ4n) is 3.89. The summed E-state index contributed by atoms with van der Waals surface area (Å²) in [5.41, 5.74) is 3.77. The smallest absolute Gasteiger partial charge is 0.255 e. The van der Waals surface area contributed by atoms with E-state index in [1.54, 1.807) is 19.4 Å². The van der Waals surface area contributed by atoms with Gasteiger partial charge in [0.05, 0.1) is 29.7 Å². The predicted octanol–water partition coefficient (Wildman–Crippen LogP) is 3.62. The van der Waals surface area contributed by atoms with E-state index in [0.717, 1.165) is 40.5 Å². The van der Waals surface area contributed by atoms with Gasteiger partial charge in [-0.15, -0.1) is 0 Å². The zero-order valence-electron chi connectivity index (χ0n) is 17.3. The van der Waals surface area contributed by atoms with Gasteiger partial charge in [0.1, 0.15) is 5.75 Å². The normalized spacial score (nSPS) is 14.1. The van der Waals surface area contributed by atoms with Crippen LogP contribution in [0.2, 0.25) is 0 Å². The number of methoxy groups -OCH3 is 1. The molecule has 30 heavy (non-hydrogen) atoms. The molecule has 156 valence electrons. The highest BCUT2D eigenvalue weighted by atomic mass is 79.9. The number of hydrogen-bond donors (Lipinski definition) is 0. The van der Waals surface area contributed by atoms with Gasteiger partial charge in [-0.1, -0.05) is 6.07 Å². The third kappa shape index (κ3) is 3.79. The molecule has 4 rings (SSSR count). The Labute approximate surface area is 184 Å². The van der Waals surface area contributed by atoms with Gasteiger partial charge in [0.2, 0.25) is 0 Å². The number of pyridine rings is 1. The number of carbonyl (C=O) groups is 1. The minimum atomic E-state index is 0.0121. The highest BCUT2D eigenvalue weighted by molar-refractivity contribution is 9.10. The summed E-state index contributed by atoms with van der Waals surface area (Å²) in [6, 6.07) is 11.3. The number of rotatable bonds is 4. The summed E-state index contributed by atoms with van der Waals surface area (Å²) in [7, 11) is 1.60. The lowest BCUT2D eigenvalue weighted by atomic mass is 10.1. The molecule has 1 aliphatic rings. The zero-order chi connectivity index (χ0) is 21.3. The summed E-state index contributed by atoms with van der Waals surface area (Å²) in [6.45, 7) is 6.89. The van der Waals surface area contributed by atoms with Gasteiger partial charge < -0.3 is 14.5 Å². The van der Waals surface area contributed by atoms with Crippen molar-refractivity contribution in [1.82, 2.24) is 19.7 Å². The highest BCUT2D eigenvalue weighted by Gasteiger charge is 2.27. The molecule has 0 aliphatic carbocycles. The lowest BCUT2D eigenvalue weighted by molar-refractivity contribution is 0.0745. The number of nitrogens with zero attached hydrogens (tertiary/aromatic N) is 5. The first-order valence-corrected chi connectivity index (χ1v) is 10.6. The molecule has 0 unspecified atom stereocenters. The highest BCUT2D eigenvalue weighted by Crippen LogP contribution is 2.28. The molecule has 1 fully saturated rings. The van der Waals surface area contributed by atoms with Gasteiger partial charge in [-0.2, -0.15) is 5.10 Å². The van der Waals surface area contributed by atoms with Gasteiger partial charge in [0, 0.05) is 36.8 Å². The maximum Gasteiger partial charge on any atom is 0.255 e. The third-order valence-corrected chi connectivity index (χ3v) is 6.10. The van der Waals surface area contributed by atoms with Crippen LogP contribution >= 0.6 is 15.9 Å². The molecule has 1 aliphatic heterocycles. The van der Waals surface area contributed by atoms with Crippen molar-refractivity contribution in [3.05, 3.63) is 64.0 Å². The van der Waals surface area contributed by atoms with E-state index in [1.165, 1.54) is 0 Å². The van der Waals surface area contributed by atoms with Crippen LogP contribution in [0.15, 0.2) is 47.1 Å². The van der Waals surface area contributed by atoms with Crippen LogP contribution in [-0.2, 0) is 0 Å². The first-order valence-electron chi connectivity index (χ1n) is 9.85. The van der Waals surface area contributed by atoms with Crippen LogP contribution < -0.4 is 9.64 Å². The maximum absolute atomic E-state index is 13.1. The molecule has 0 bridgehead atoms. The van der Waals surface area contributed by atoms with Crippen molar-refractivity contribution in [3.8, 4) is 11.6 Å². The summed E-state index contributed by atoms with van der Waals surface area (Å²) in [5, 5.41) is 4.70. The number of hydrogen-bond acceptors (Lipinski definition) is 5. The van der Waals surface area contributed by atoms with Gasteiger partial charge in [-0.25, -0.2) is 9.67 Å². The summed E-state index contributed by atoms with van der Waals surface area (Å²) in [5.74, 6) is 1.49. The van der Waals surface area contributed by atoms with E-state index in [-0.39, 0.29) is 5.91 Å². The molecular weight excluding hydrogens is 446 g/mol. The van der Waals surface area contributed by atoms with Gasteiger partial charge in [0.25, 0.3) is 5.91 Å². The Kier molecular flexibility index (Phi) is 5.76. The summed E-state index contributed by atoms with van der Waals surface area (Å²) < 4.78 is 7.93. The van der Waals surface area contributed by atoms with E-state index in [1.807, 2.05) is 46.8 Å². The number of aryl methyl sites for hydroxylation is 1. The quantitative estimate of drug-likeness (QED) is 0.583. The van der Waals surface area contributed by atoms with Crippen LogP contribution in [0.4, 0.5) is 5.69 Å². The Hall–Kier alpha value is -2.87. The number of aromatic nitrogens is 3. The van der Waals surface area contributed by atoms with Gasteiger partial charge in [-0.3, -0.25) is 4.79 Å². The second kappa shape index (κ2) is 8.47. The van der Waals surface area contributed by atoms with Crippen molar-refractivity contribution in [2.45, 2.75) is 13.8 Å². The Morgan fingerprint density at radius 1 is 1.10 bits per heavy atom. The fraction of sp³-hybridized carbons (Fsp3) is 0.318. The SMILES string of the molecule is COc1ccc(Br)c(C(=O)N2CCN(c3c(C)nn(-c4ccccn4)c3C)CC2)c1. The Morgan fingerprint density at radius 3 is 2.53 bits per heavy atom. The fourth-order valence-corrected chi connectivity index (χ4v) is 4.31. The zero-order valence-corrected chi connectivity index (χ0v) is 18.9. The third-order valence-electron chi connectivity index (χ3n) is 5.41. The minimum Gasteiger partial charge on any atom is -0.497 e. The number of ether oxygens (including phenoxy) is 1. The largest absolute Gasteiger partial charge is 0.497 e. The number of carbonyl (C=O) groups excluding carboxylic acids is 1. The van der Waals surface area contributed by atoms with E-state index in [9.17, 15) is 4.79 Å². The monoisotopic (exact) mass is 469 g/mol. The number of piperazine rings is 1. The van der Waals surface area contributed by atoms with Crippen LogP contribution in [0.25, 0.3) is 5.82 Å². The van der Waals surface area contributed by atoms with Gasteiger partial charge in [-0.05, 0) is 60.1 Å². The van der Waals surface area contributed by atoms with Crippen molar-refractivity contribution in [1.29, 1.82) is 0 Å². The van der Waals surface area contributed by atoms with E-state index in [0.29, 0.717) is 24.4 Å². The van der Waals surface area contributed by atoms with Crippen molar-refractivity contribution in [2.24, 2.45) is 0 Å². The number of benzene rings is 1. The average Bonchev–Trinajstić information content (AvgIpc) is 3.08. The second-order valence-electron chi connectivity index (χ2n) is 7.24. The van der Waals surface area contributed by atoms with Gasteiger partial charge in [0.15, 0.2) is 5.82 Å². The van der Waals surface area contributed by atoms with Gasteiger partial charge >= 0.3 is 0 Å². The van der Waals surface area contributed by atoms with Crippen molar-refractivity contribution >= 4 is 27.5 Å². The maximum atomic E-state index is 13.1. The van der Waals surface area contributed by atoms with Crippen LogP contribution in [0.3, 0.4) is 0 Å².